The van der Waals surface area contributed by atoms with Gasteiger partial charge in [-0.1, -0.05) is 133 Å². The molecule has 0 aliphatic carbocycles. The number of benzene rings is 8. The third kappa shape index (κ3) is 4.83. The largest absolute Gasteiger partial charge is 0.309 e. The van der Waals surface area contributed by atoms with Crippen LogP contribution in [0.4, 0.5) is 5.69 Å². The van der Waals surface area contributed by atoms with Gasteiger partial charge in [-0.15, -0.1) is 0 Å². The van der Waals surface area contributed by atoms with E-state index in [2.05, 4.69) is 160 Å². The van der Waals surface area contributed by atoms with Crippen LogP contribution in [0, 0.1) is 17.9 Å². The number of hydrogen-bond donors (Lipinski definition) is 0. The van der Waals surface area contributed by atoms with Crippen molar-refractivity contribution >= 4 is 49.3 Å². The second-order valence-electron chi connectivity index (χ2n) is 13.5. The van der Waals surface area contributed by atoms with E-state index in [1.54, 1.807) is 0 Å². The molecule has 250 valence electrons. The summed E-state index contributed by atoms with van der Waals surface area (Å²) in [6.45, 7) is 7.81. The fraction of sp³-hybridized carbons (Fsp3) is 0. The van der Waals surface area contributed by atoms with Crippen molar-refractivity contribution in [2.24, 2.45) is 0 Å². The molecule has 2 heterocycles. The van der Waals surface area contributed by atoms with Gasteiger partial charge in [-0.05, 0) is 70.6 Å². The molecule has 0 aliphatic rings. The summed E-state index contributed by atoms with van der Waals surface area (Å²) in [5.41, 5.74) is 14.1. The first-order valence-corrected chi connectivity index (χ1v) is 17.9. The number of nitriles is 1. The van der Waals surface area contributed by atoms with Crippen LogP contribution in [0.15, 0.2) is 182 Å². The minimum Gasteiger partial charge on any atom is -0.309 e. The van der Waals surface area contributed by atoms with Gasteiger partial charge >= 0.3 is 0 Å². The number of aromatic nitrogens is 2. The normalized spacial score (nSPS) is 11.3. The highest BCUT2D eigenvalue weighted by molar-refractivity contribution is 6.13. The lowest BCUT2D eigenvalue weighted by molar-refractivity contribution is 1.16. The second kappa shape index (κ2) is 12.5. The first-order valence-electron chi connectivity index (χ1n) is 17.9. The zero-order valence-electron chi connectivity index (χ0n) is 29.1. The van der Waals surface area contributed by atoms with Crippen LogP contribution in [-0.2, 0) is 0 Å². The van der Waals surface area contributed by atoms with Crippen molar-refractivity contribution in [2.75, 3.05) is 0 Å². The molecule has 0 spiro atoms. The summed E-state index contributed by atoms with van der Waals surface area (Å²) in [7, 11) is 0. The third-order valence-electron chi connectivity index (χ3n) is 10.6. The molecule has 8 aromatic carbocycles. The number of fused-ring (bicyclic) bond motifs is 6. The highest BCUT2D eigenvalue weighted by Gasteiger charge is 2.23. The highest BCUT2D eigenvalue weighted by atomic mass is 15.0. The van der Waals surface area contributed by atoms with Gasteiger partial charge in [-0.3, -0.25) is 0 Å². The Labute approximate surface area is 312 Å². The SMILES string of the molecule is [C-]#[N+]c1ccc2c(c1)c1cc(C#N)ccc1n2-c1cc(-c2ccccc2)ccc1-c1cccc(-c2ccccc2)c1-n1c2ccccc2c2ccccc21. The van der Waals surface area contributed by atoms with Crippen molar-refractivity contribution in [3.63, 3.8) is 0 Å². The Kier molecular flexibility index (Phi) is 7.22. The van der Waals surface area contributed by atoms with Gasteiger partial charge in [0.25, 0.3) is 0 Å². The van der Waals surface area contributed by atoms with Crippen LogP contribution in [-0.4, -0.2) is 9.13 Å². The van der Waals surface area contributed by atoms with Crippen LogP contribution in [0.1, 0.15) is 5.56 Å². The Bertz CT molecular complexity index is 3050. The van der Waals surface area contributed by atoms with Gasteiger partial charge in [-0.25, -0.2) is 4.85 Å². The monoisotopic (exact) mass is 686 g/mol. The molecule has 54 heavy (non-hydrogen) atoms. The first-order chi connectivity index (χ1) is 26.7. The van der Waals surface area contributed by atoms with Gasteiger partial charge in [0.05, 0.1) is 51.6 Å². The summed E-state index contributed by atoms with van der Waals surface area (Å²) in [6, 6.07) is 65.9. The number of rotatable bonds is 5. The van der Waals surface area contributed by atoms with Crippen molar-refractivity contribution in [1.29, 1.82) is 5.26 Å². The average Bonchev–Trinajstić information content (AvgIpc) is 3.75. The van der Waals surface area contributed by atoms with E-state index in [0.29, 0.717) is 11.3 Å². The Morgan fingerprint density at radius 1 is 0.426 bits per heavy atom. The average molecular weight is 687 g/mol. The molecule has 2 aromatic heterocycles. The van der Waals surface area contributed by atoms with Crippen LogP contribution < -0.4 is 0 Å². The summed E-state index contributed by atoms with van der Waals surface area (Å²) in [4.78, 5) is 3.77. The lowest BCUT2D eigenvalue weighted by Gasteiger charge is -2.22. The van der Waals surface area contributed by atoms with Gasteiger partial charge in [0.15, 0.2) is 5.69 Å². The van der Waals surface area contributed by atoms with Crippen LogP contribution in [0.25, 0.3) is 93.2 Å². The van der Waals surface area contributed by atoms with Crippen LogP contribution in [0.2, 0.25) is 0 Å². The van der Waals surface area contributed by atoms with E-state index in [1.165, 1.54) is 10.8 Å². The van der Waals surface area contributed by atoms with E-state index in [4.69, 9.17) is 6.57 Å². The summed E-state index contributed by atoms with van der Waals surface area (Å²) in [5, 5.41) is 14.2. The molecule has 4 heteroatoms. The van der Waals surface area contributed by atoms with E-state index in [0.717, 1.165) is 77.6 Å². The van der Waals surface area contributed by atoms with Crippen LogP contribution >= 0.6 is 0 Å². The van der Waals surface area contributed by atoms with Crippen LogP contribution in [0.5, 0.6) is 0 Å². The zero-order chi connectivity index (χ0) is 36.2. The Morgan fingerprint density at radius 3 is 1.70 bits per heavy atom. The Balaban J connectivity index is 1.37. The van der Waals surface area contributed by atoms with Gasteiger partial charge in [0.2, 0.25) is 0 Å². The standard InChI is InChI=1S/C50H30N4/c1-52-37-25-28-48-44(31-37)43-29-33(32-51)23-27-47(43)53(48)49-30-36(34-13-4-2-5-14-34)24-26-41(49)42-20-12-19-38(35-15-6-3-7-16-35)50(42)54-45-21-10-8-17-39(45)40-18-9-11-22-46(40)54/h2-31H. The minimum absolute atomic E-state index is 0.561. The molecule has 0 saturated heterocycles. The quantitative estimate of drug-likeness (QED) is 0.166. The summed E-state index contributed by atoms with van der Waals surface area (Å²) < 4.78 is 4.75. The summed E-state index contributed by atoms with van der Waals surface area (Å²) in [6.07, 6.45) is 0. The van der Waals surface area contributed by atoms with E-state index in [-0.39, 0.29) is 0 Å². The Morgan fingerprint density at radius 2 is 1.02 bits per heavy atom. The van der Waals surface area contributed by atoms with Gasteiger partial charge in [-0.2, -0.15) is 5.26 Å². The van der Waals surface area contributed by atoms with Crippen molar-refractivity contribution in [2.45, 2.75) is 0 Å². The van der Waals surface area contributed by atoms with Crippen molar-refractivity contribution < 1.29 is 0 Å². The number of nitrogens with zero attached hydrogens (tertiary/aromatic N) is 4. The predicted octanol–water partition coefficient (Wildman–Crippen LogP) is 13.3. The van der Waals surface area contributed by atoms with E-state index < -0.39 is 0 Å². The molecule has 0 bridgehead atoms. The van der Waals surface area contributed by atoms with Gasteiger partial charge in [0.1, 0.15) is 0 Å². The molecule has 0 amide bonds. The fourth-order valence-corrected chi connectivity index (χ4v) is 8.18. The lowest BCUT2D eigenvalue weighted by atomic mass is 9.92. The van der Waals surface area contributed by atoms with Gasteiger partial charge in [0, 0.05) is 32.8 Å². The maximum atomic E-state index is 9.93. The van der Waals surface area contributed by atoms with E-state index in [1.807, 2.05) is 42.5 Å². The van der Waals surface area contributed by atoms with Crippen molar-refractivity contribution in [1.82, 2.24) is 9.13 Å². The maximum Gasteiger partial charge on any atom is 0.188 e. The molecule has 0 fully saturated rings. The lowest BCUT2D eigenvalue weighted by Crippen LogP contribution is -2.04. The van der Waals surface area contributed by atoms with E-state index >= 15 is 0 Å². The molecule has 0 unspecified atom stereocenters. The van der Waals surface area contributed by atoms with Gasteiger partial charge < -0.3 is 9.13 Å². The molecule has 0 aliphatic heterocycles. The third-order valence-corrected chi connectivity index (χ3v) is 10.6. The topological polar surface area (TPSA) is 38.0 Å². The molecule has 0 saturated carbocycles. The smallest absolute Gasteiger partial charge is 0.188 e. The molecule has 0 N–H and O–H groups in total. The molecular weight excluding hydrogens is 657 g/mol. The number of hydrogen-bond acceptors (Lipinski definition) is 1. The van der Waals surface area contributed by atoms with Crippen LogP contribution in [0.3, 0.4) is 0 Å². The molecule has 10 aromatic rings. The number of para-hydroxylation sites is 3. The highest BCUT2D eigenvalue weighted by Crippen LogP contribution is 2.45. The molecule has 0 atom stereocenters. The van der Waals surface area contributed by atoms with Crippen molar-refractivity contribution in [3.05, 3.63) is 199 Å². The molecular formula is C50H30N4. The minimum atomic E-state index is 0.561. The summed E-state index contributed by atoms with van der Waals surface area (Å²) >= 11 is 0. The van der Waals surface area contributed by atoms with Crippen molar-refractivity contribution in [3.8, 4) is 50.8 Å². The maximum absolute atomic E-state index is 9.93. The molecule has 4 nitrogen and oxygen atoms in total. The zero-order valence-corrected chi connectivity index (χ0v) is 29.1. The second-order valence-corrected chi connectivity index (χ2v) is 13.5. The Hall–Kier alpha value is -7.66. The first kappa shape index (κ1) is 31.1. The fourth-order valence-electron chi connectivity index (χ4n) is 8.18. The summed E-state index contributed by atoms with van der Waals surface area (Å²) in [5.74, 6) is 0. The molecule has 0 radical (unpaired) electrons. The molecule has 10 rings (SSSR count). The van der Waals surface area contributed by atoms with E-state index in [9.17, 15) is 5.26 Å². The predicted molar refractivity (Wildman–Crippen MR) is 222 cm³/mol.